The van der Waals surface area contributed by atoms with E-state index in [1.54, 1.807) is 13.2 Å². The highest BCUT2D eigenvalue weighted by molar-refractivity contribution is 6.32. The van der Waals surface area contributed by atoms with Gasteiger partial charge in [0.25, 0.3) is 5.91 Å². The van der Waals surface area contributed by atoms with Gasteiger partial charge in [0.05, 0.1) is 12.7 Å². The summed E-state index contributed by atoms with van der Waals surface area (Å²) in [7, 11) is 1.66. The van der Waals surface area contributed by atoms with E-state index < -0.39 is 0 Å². The molecule has 24 heavy (non-hydrogen) atoms. The number of methoxy groups -OCH3 is 1. The standard InChI is InChI=1S/C19H25ClN2O2/c1-24-18-14-5-3-2-4-13(14)16(20)10-15(18)19(23)21-17-11-22-8-6-12(17)7-9-22/h10,12,17H,2-9,11H2,1H3,(H,21,23). The summed E-state index contributed by atoms with van der Waals surface area (Å²) < 4.78 is 5.64. The molecule has 2 bridgehead atoms. The number of fused-ring (bicyclic) bond motifs is 4. The largest absolute Gasteiger partial charge is 0.496 e. The van der Waals surface area contributed by atoms with Crippen LogP contribution in [0.3, 0.4) is 0 Å². The van der Waals surface area contributed by atoms with E-state index in [1.165, 1.54) is 31.5 Å². The van der Waals surface area contributed by atoms with Crippen LogP contribution >= 0.6 is 11.6 Å². The number of hydrogen-bond acceptors (Lipinski definition) is 3. The molecule has 4 aliphatic rings. The monoisotopic (exact) mass is 348 g/mol. The minimum absolute atomic E-state index is 0.0409. The highest BCUT2D eigenvalue weighted by Crippen LogP contribution is 2.38. The molecule has 1 atom stereocenters. The number of nitrogens with one attached hydrogen (secondary N) is 1. The first-order chi connectivity index (χ1) is 11.7. The van der Waals surface area contributed by atoms with Gasteiger partial charge in [-0.1, -0.05) is 11.6 Å². The molecule has 5 heteroatoms. The van der Waals surface area contributed by atoms with Crippen LogP contribution in [-0.4, -0.2) is 43.6 Å². The van der Waals surface area contributed by atoms with E-state index in [-0.39, 0.29) is 11.9 Å². The van der Waals surface area contributed by atoms with E-state index in [0.717, 1.165) is 43.5 Å². The molecule has 1 aliphatic carbocycles. The van der Waals surface area contributed by atoms with Gasteiger partial charge in [0.2, 0.25) is 0 Å². The molecular weight excluding hydrogens is 324 g/mol. The molecule has 1 aromatic rings. The highest BCUT2D eigenvalue weighted by atomic mass is 35.5. The van der Waals surface area contributed by atoms with Gasteiger partial charge in [-0.05, 0) is 74.7 Å². The number of nitrogens with zero attached hydrogens (tertiary/aromatic N) is 1. The number of halogens is 1. The van der Waals surface area contributed by atoms with E-state index in [0.29, 0.717) is 16.5 Å². The van der Waals surface area contributed by atoms with E-state index in [2.05, 4.69) is 10.2 Å². The molecule has 1 amide bonds. The summed E-state index contributed by atoms with van der Waals surface area (Å²) in [6, 6.07) is 2.06. The fourth-order valence-electron chi connectivity index (χ4n) is 4.64. The third kappa shape index (κ3) is 2.80. The van der Waals surface area contributed by atoms with Crippen LogP contribution in [0.15, 0.2) is 6.07 Å². The van der Waals surface area contributed by atoms with Crippen molar-refractivity contribution in [2.45, 2.75) is 44.6 Å². The van der Waals surface area contributed by atoms with Gasteiger partial charge in [0, 0.05) is 17.6 Å². The van der Waals surface area contributed by atoms with Crippen molar-refractivity contribution < 1.29 is 9.53 Å². The summed E-state index contributed by atoms with van der Waals surface area (Å²) in [6.07, 6.45) is 6.58. The van der Waals surface area contributed by atoms with Gasteiger partial charge < -0.3 is 15.0 Å². The van der Waals surface area contributed by atoms with Crippen LogP contribution in [0.1, 0.15) is 47.2 Å². The summed E-state index contributed by atoms with van der Waals surface area (Å²) in [6.45, 7) is 3.31. The molecule has 3 aliphatic heterocycles. The number of hydrogen-bond donors (Lipinski definition) is 1. The molecule has 130 valence electrons. The summed E-state index contributed by atoms with van der Waals surface area (Å²) >= 11 is 6.48. The van der Waals surface area contributed by atoms with Crippen molar-refractivity contribution in [1.82, 2.24) is 10.2 Å². The number of piperidine rings is 3. The van der Waals surface area contributed by atoms with E-state index in [4.69, 9.17) is 16.3 Å². The third-order valence-electron chi connectivity index (χ3n) is 5.97. The molecule has 0 saturated carbocycles. The third-order valence-corrected chi connectivity index (χ3v) is 6.30. The van der Waals surface area contributed by atoms with Crippen molar-refractivity contribution in [3.63, 3.8) is 0 Å². The van der Waals surface area contributed by atoms with Crippen LogP contribution in [0.4, 0.5) is 0 Å². The first-order valence-electron chi connectivity index (χ1n) is 9.09. The fourth-order valence-corrected chi connectivity index (χ4v) is 4.96. The molecule has 0 spiro atoms. The predicted octanol–water partition coefficient (Wildman–Crippen LogP) is 3.05. The Morgan fingerprint density at radius 3 is 2.58 bits per heavy atom. The van der Waals surface area contributed by atoms with E-state index in [9.17, 15) is 4.79 Å². The zero-order valence-corrected chi connectivity index (χ0v) is 15.0. The Bertz CT molecular complexity index is 653. The van der Waals surface area contributed by atoms with Crippen LogP contribution in [0.5, 0.6) is 5.75 Å². The number of benzene rings is 1. The van der Waals surface area contributed by atoms with Crippen LogP contribution in [-0.2, 0) is 12.8 Å². The Morgan fingerprint density at radius 1 is 1.25 bits per heavy atom. The van der Waals surface area contributed by atoms with Crippen LogP contribution < -0.4 is 10.1 Å². The van der Waals surface area contributed by atoms with E-state index in [1.807, 2.05) is 0 Å². The average Bonchev–Trinajstić information content (AvgIpc) is 2.62. The molecule has 1 unspecified atom stereocenters. The molecule has 0 radical (unpaired) electrons. The number of rotatable bonds is 3. The molecule has 0 aromatic heterocycles. The van der Waals surface area contributed by atoms with Crippen molar-refractivity contribution in [3.8, 4) is 5.75 Å². The SMILES string of the molecule is COc1c(C(=O)NC2CN3CCC2CC3)cc(Cl)c2c1CCCC2. The second-order valence-corrected chi connectivity index (χ2v) is 7.73. The normalized spacial score (nSPS) is 28.3. The molecule has 3 heterocycles. The lowest BCUT2D eigenvalue weighted by Gasteiger charge is -2.45. The maximum atomic E-state index is 12.9. The van der Waals surface area contributed by atoms with Crippen molar-refractivity contribution >= 4 is 17.5 Å². The average molecular weight is 349 g/mol. The zero-order chi connectivity index (χ0) is 16.7. The highest BCUT2D eigenvalue weighted by Gasteiger charge is 2.35. The first kappa shape index (κ1) is 16.2. The lowest BCUT2D eigenvalue weighted by molar-refractivity contribution is 0.0619. The Balaban J connectivity index is 1.61. The van der Waals surface area contributed by atoms with Gasteiger partial charge in [0.1, 0.15) is 5.75 Å². The predicted molar refractivity (Wildman–Crippen MR) is 95.1 cm³/mol. The Morgan fingerprint density at radius 2 is 1.96 bits per heavy atom. The quantitative estimate of drug-likeness (QED) is 0.912. The van der Waals surface area contributed by atoms with Crippen molar-refractivity contribution in [2.24, 2.45) is 5.92 Å². The molecule has 1 N–H and O–H groups in total. The van der Waals surface area contributed by atoms with Gasteiger partial charge in [-0.15, -0.1) is 0 Å². The Kier molecular flexibility index (Phi) is 4.44. The molecule has 5 rings (SSSR count). The van der Waals surface area contributed by atoms with Gasteiger partial charge in [-0.2, -0.15) is 0 Å². The van der Waals surface area contributed by atoms with Gasteiger partial charge in [-0.25, -0.2) is 0 Å². The van der Waals surface area contributed by atoms with E-state index >= 15 is 0 Å². The first-order valence-corrected chi connectivity index (χ1v) is 9.46. The smallest absolute Gasteiger partial charge is 0.255 e. The van der Waals surface area contributed by atoms with Crippen LogP contribution in [0.2, 0.25) is 5.02 Å². The number of amides is 1. The van der Waals surface area contributed by atoms with Gasteiger partial charge >= 0.3 is 0 Å². The van der Waals surface area contributed by atoms with Gasteiger partial charge in [0.15, 0.2) is 0 Å². The molecule has 1 aromatic carbocycles. The maximum Gasteiger partial charge on any atom is 0.255 e. The second-order valence-electron chi connectivity index (χ2n) is 7.32. The lowest BCUT2D eigenvalue weighted by Crippen LogP contribution is -2.57. The van der Waals surface area contributed by atoms with Gasteiger partial charge in [-0.3, -0.25) is 4.79 Å². The van der Waals surface area contributed by atoms with Crippen molar-refractivity contribution in [1.29, 1.82) is 0 Å². The molecule has 3 fully saturated rings. The Labute approximate surface area is 148 Å². The maximum absolute atomic E-state index is 12.9. The minimum Gasteiger partial charge on any atom is -0.496 e. The summed E-state index contributed by atoms with van der Waals surface area (Å²) in [5, 5.41) is 3.97. The number of ether oxygens (including phenoxy) is 1. The van der Waals surface area contributed by atoms with Crippen LogP contribution in [0.25, 0.3) is 0 Å². The zero-order valence-electron chi connectivity index (χ0n) is 14.2. The minimum atomic E-state index is -0.0409. The second kappa shape index (κ2) is 6.57. The molecule has 3 saturated heterocycles. The van der Waals surface area contributed by atoms with Crippen molar-refractivity contribution in [3.05, 3.63) is 27.8 Å². The summed E-state index contributed by atoms with van der Waals surface area (Å²) in [4.78, 5) is 15.4. The topological polar surface area (TPSA) is 41.6 Å². The Hall–Kier alpha value is -1.26. The lowest BCUT2D eigenvalue weighted by atomic mass is 9.83. The van der Waals surface area contributed by atoms with Crippen LogP contribution in [0, 0.1) is 5.92 Å². The fraction of sp³-hybridized carbons (Fsp3) is 0.632. The molecular formula is C19H25ClN2O2. The summed E-state index contributed by atoms with van der Waals surface area (Å²) in [5.74, 6) is 1.30. The number of carbonyl (C=O) groups is 1. The summed E-state index contributed by atoms with van der Waals surface area (Å²) in [5.41, 5.74) is 2.90. The van der Waals surface area contributed by atoms with Crippen molar-refractivity contribution in [2.75, 3.05) is 26.7 Å². The number of carbonyl (C=O) groups excluding carboxylic acids is 1. The molecule has 4 nitrogen and oxygen atoms in total.